The van der Waals surface area contributed by atoms with E-state index in [0.717, 1.165) is 23.7 Å². The number of benzene rings is 2. The Morgan fingerprint density at radius 3 is 2.38 bits per heavy atom. The van der Waals surface area contributed by atoms with Crippen LogP contribution in [0.15, 0.2) is 48.5 Å². The second kappa shape index (κ2) is 9.43. The normalized spacial score (nSPS) is 16.2. The minimum Gasteiger partial charge on any atom is -0.497 e. The molecule has 3 rings (SSSR count). The predicted octanol–water partition coefficient (Wildman–Crippen LogP) is 2.63. The lowest BCUT2D eigenvalue weighted by atomic mass is 10.1. The minimum absolute atomic E-state index is 0.0556. The number of carbonyl (C=O) groups is 2. The Hall–Kier alpha value is -3.06. The van der Waals surface area contributed by atoms with Crippen LogP contribution in [0.25, 0.3) is 0 Å². The molecule has 1 unspecified atom stereocenters. The van der Waals surface area contributed by atoms with Gasteiger partial charge in [-0.25, -0.2) is 0 Å². The summed E-state index contributed by atoms with van der Waals surface area (Å²) >= 11 is 0. The highest BCUT2D eigenvalue weighted by molar-refractivity contribution is 6.03. The first-order chi connectivity index (χ1) is 14.0. The third kappa shape index (κ3) is 5.48. The maximum Gasteiger partial charge on any atom is 0.229 e. The summed E-state index contributed by atoms with van der Waals surface area (Å²) in [4.78, 5) is 28.7. The highest BCUT2D eigenvalue weighted by atomic mass is 16.5. The largest absolute Gasteiger partial charge is 0.497 e. The van der Waals surface area contributed by atoms with E-state index in [1.54, 1.807) is 36.3 Å². The van der Waals surface area contributed by atoms with E-state index in [1.807, 2.05) is 43.3 Å². The van der Waals surface area contributed by atoms with Gasteiger partial charge in [-0.3, -0.25) is 9.59 Å². The van der Waals surface area contributed by atoms with E-state index in [1.165, 1.54) is 0 Å². The van der Waals surface area contributed by atoms with Gasteiger partial charge >= 0.3 is 0 Å². The summed E-state index contributed by atoms with van der Waals surface area (Å²) in [5.74, 6) is 0.881. The number of anilines is 2. The highest BCUT2D eigenvalue weighted by Gasteiger charge is 2.35. The Kier molecular flexibility index (Phi) is 6.72. The smallest absolute Gasteiger partial charge is 0.229 e. The van der Waals surface area contributed by atoms with Gasteiger partial charge in [0.05, 0.1) is 13.0 Å². The highest BCUT2D eigenvalue weighted by Crippen LogP contribution is 2.27. The van der Waals surface area contributed by atoms with E-state index in [9.17, 15) is 9.59 Å². The molecule has 1 N–H and O–H groups in total. The molecule has 2 aromatic carbocycles. The van der Waals surface area contributed by atoms with Crippen molar-refractivity contribution in [3.63, 3.8) is 0 Å². The first-order valence-corrected chi connectivity index (χ1v) is 9.59. The second-order valence-electron chi connectivity index (χ2n) is 7.27. The third-order valence-corrected chi connectivity index (χ3v) is 4.81. The van der Waals surface area contributed by atoms with Gasteiger partial charge in [-0.05, 0) is 62.6 Å². The molecule has 0 spiro atoms. The number of carbonyl (C=O) groups excluding carboxylic acids is 2. The van der Waals surface area contributed by atoms with E-state index < -0.39 is 0 Å². The molecule has 2 aromatic rings. The van der Waals surface area contributed by atoms with Gasteiger partial charge in [0, 0.05) is 30.9 Å². The Labute approximate surface area is 171 Å². The summed E-state index contributed by atoms with van der Waals surface area (Å²) in [7, 11) is 5.58. The molecular weight excluding hydrogens is 370 g/mol. The molecule has 29 heavy (non-hydrogen) atoms. The maximum atomic E-state index is 12.6. The molecule has 154 valence electrons. The lowest BCUT2D eigenvalue weighted by molar-refractivity contribution is -0.122. The zero-order valence-corrected chi connectivity index (χ0v) is 17.1. The molecule has 1 aliphatic rings. The fraction of sp³-hybridized carbons (Fsp3) is 0.364. The van der Waals surface area contributed by atoms with Crippen LogP contribution in [0.5, 0.6) is 11.5 Å². The average Bonchev–Trinajstić information content (AvgIpc) is 3.11. The Bertz CT molecular complexity index is 834. The van der Waals surface area contributed by atoms with Gasteiger partial charge in [-0.1, -0.05) is 0 Å². The van der Waals surface area contributed by atoms with Crippen molar-refractivity contribution in [2.75, 3.05) is 51.1 Å². The zero-order chi connectivity index (χ0) is 20.8. The summed E-state index contributed by atoms with van der Waals surface area (Å²) in [5.41, 5.74) is 1.45. The van der Waals surface area contributed by atoms with Crippen LogP contribution in [0, 0.1) is 5.92 Å². The number of ether oxygens (including phenoxy) is 2. The van der Waals surface area contributed by atoms with Gasteiger partial charge in [-0.15, -0.1) is 0 Å². The molecule has 2 amide bonds. The van der Waals surface area contributed by atoms with Crippen molar-refractivity contribution < 1.29 is 19.1 Å². The molecule has 7 heteroatoms. The van der Waals surface area contributed by atoms with Crippen molar-refractivity contribution >= 4 is 23.2 Å². The summed E-state index contributed by atoms with van der Waals surface area (Å²) in [5, 5.41) is 2.89. The predicted molar refractivity (Wildman–Crippen MR) is 113 cm³/mol. The molecule has 0 aromatic heterocycles. The molecular formula is C22H27N3O4. The first-order valence-electron chi connectivity index (χ1n) is 9.59. The average molecular weight is 397 g/mol. The van der Waals surface area contributed by atoms with Crippen LogP contribution in [0.1, 0.15) is 6.42 Å². The number of nitrogens with zero attached hydrogens (tertiary/aromatic N) is 2. The Morgan fingerprint density at radius 1 is 1.10 bits per heavy atom. The van der Waals surface area contributed by atoms with Crippen molar-refractivity contribution in [2.45, 2.75) is 6.42 Å². The van der Waals surface area contributed by atoms with Crippen LogP contribution in [-0.4, -0.2) is 57.6 Å². The van der Waals surface area contributed by atoms with Crippen molar-refractivity contribution in [3.05, 3.63) is 48.5 Å². The van der Waals surface area contributed by atoms with E-state index in [-0.39, 0.29) is 24.2 Å². The molecule has 1 saturated heterocycles. The molecule has 0 aliphatic carbocycles. The van der Waals surface area contributed by atoms with Crippen LogP contribution in [0.2, 0.25) is 0 Å². The zero-order valence-electron chi connectivity index (χ0n) is 17.1. The molecule has 1 heterocycles. The van der Waals surface area contributed by atoms with E-state index in [4.69, 9.17) is 9.47 Å². The van der Waals surface area contributed by atoms with Gasteiger partial charge < -0.3 is 24.6 Å². The first kappa shape index (κ1) is 20.7. The van der Waals surface area contributed by atoms with Crippen LogP contribution < -0.4 is 19.7 Å². The number of amides is 2. The van der Waals surface area contributed by atoms with Crippen molar-refractivity contribution in [1.82, 2.24) is 4.90 Å². The maximum absolute atomic E-state index is 12.6. The van der Waals surface area contributed by atoms with E-state index >= 15 is 0 Å². The minimum atomic E-state index is -0.388. The Morgan fingerprint density at radius 2 is 1.76 bits per heavy atom. The standard InChI is InChI=1S/C22H27N3O4/c1-24(2)12-13-29-20-8-4-17(5-9-20)23-22(27)16-14-21(26)25(15-16)18-6-10-19(28-3)11-7-18/h4-11,16H,12-15H2,1-3H3,(H,23,27). The SMILES string of the molecule is COc1ccc(N2CC(C(=O)Nc3ccc(OCCN(C)C)cc3)CC2=O)cc1. The lowest BCUT2D eigenvalue weighted by Crippen LogP contribution is -2.28. The lowest BCUT2D eigenvalue weighted by Gasteiger charge is -2.17. The molecule has 1 fully saturated rings. The fourth-order valence-corrected chi connectivity index (χ4v) is 3.12. The van der Waals surface area contributed by atoms with Gasteiger partial charge in [0.15, 0.2) is 0 Å². The molecule has 1 atom stereocenters. The van der Waals surface area contributed by atoms with Crippen molar-refractivity contribution in [3.8, 4) is 11.5 Å². The number of nitrogens with one attached hydrogen (secondary N) is 1. The van der Waals surface area contributed by atoms with Gasteiger partial charge in [-0.2, -0.15) is 0 Å². The van der Waals surface area contributed by atoms with Crippen molar-refractivity contribution in [2.24, 2.45) is 5.92 Å². The van der Waals surface area contributed by atoms with E-state index in [2.05, 4.69) is 5.32 Å². The molecule has 7 nitrogen and oxygen atoms in total. The van der Waals surface area contributed by atoms with Gasteiger partial charge in [0.25, 0.3) is 0 Å². The Balaban J connectivity index is 1.54. The number of methoxy groups -OCH3 is 1. The van der Waals surface area contributed by atoms with E-state index in [0.29, 0.717) is 18.8 Å². The van der Waals surface area contributed by atoms with Crippen LogP contribution in [0.3, 0.4) is 0 Å². The number of hydrogen-bond donors (Lipinski definition) is 1. The monoisotopic (exact) mass is 397 g/mol. The van der Waals surface area contributed by atoms with Crippen LogP contribution in [0.4, 0.5) is 11.4 Å². The molecule has 0 saturated carbocycles. The van der Waals surface area contributed by atoms with Gasteiger partial charge in [0.1, 0.15) is 18.1 Å². The van der Waals surface area contributed by atoms with Gasteiger partial charge in [0.2, 0.25) is 11.8 Å². The quantitative estimate of drug-likeness (QED) is 0.742. The second-order valence-corrected chi connectivity index (χ2v) is 7.27. The number of hydrogen-bond acceptors (Lipinski definition) is 5. The third-order valence-electron chi connectivity index (χ3n) is 4.81. The topological polar surface area (TPSA) is 71.1 Å². The molecule has 0 bridgehead atoms. The fourth-order valence-electron chi connectivity index (χ4n) is 3.12. The summed E-state index contributed by atoms with van der Waals surface area (Å²) in [6.45, 7) is 1.80. The summed E-state index contributed by atoms with van der Waals surface area (Å²) in [6.07, 6.45) is 0.198. The molecule has 1 aliphatic heterocycles. The molecule has 0 radical (unpaired) electrons. The van der Waals surface area contributed by atoms with Crippen molar-refractivity contribution in [1.29, 1.82) is 0 Å². The van der Waals surface area contributed by atoms with Crippen LogP contribution in [-0.2, 0) is 9.59 Å². The van der Waals surface area contributed by atoms with Crippen LogP contribution >= 0.6 is 0 Å². The summed E-state index contributed by atoms with van der Waals surface area (Å²) in [6, 6.07) is 14.5. The number of rotatable bonds is 8. The number of likely N-dealkylation sites (N-methyl/N-ethyl adjacent to an activating group) is 1. The summed E-state index contributed by atoms with van der Waals surface area (Å²) < 4.78 is 10.8.